The summed E-state index contributed by atoms with van der Waals surface area (Å²) in [6, 6.07) is -0.742. The van der Waals surface area contributed by atoms with E-state index in [4.69, 9.17) is 14.2 Å². The fourth-order valence-electron chi connectivity index (χ4n) is 5.13. The van der Waals surface area contributed by atoms with Gasteiger partial charge >= 0.3 is 11.9 Å². The summed E-state index contributed by atoms with van der Waals surface area (Å²) in [6.07, 6.45) is 47.6. The number of aliphatic carboxylic acids is 1. The summed E-state index contributed by atoms with van der Waals surface area (Å²) in [5, 5.41) is 11.6. The Morgan fingerprint density at radius 3 is 1.50 bits per heavy atom. The summed E-state index contributed by atoms with van der Waals surface area (Å²) in [7, 11) is 5.35. The second-order valence-electron chi connectivity index (χ2n) is 14.1. The molecule has 0 aliphatic heterocycles. The standard InChI is InChI=1S/C46H73NO7/c1-6-8-10-12-14-15-16-17-18-19-20-21-22-23-24-25-26-27-28-29-31-33-35-37-45(49)54-42(40-52-39-38-43(46(50)51)47(3,4)5)41-53-44(48)36-34-32-30-13-11-9-7-2/h8-11,14-15,17-18,20-21,23-24,26-27,30,32,42-43H,6-7,12-13,16,19,22,25,28-29,31,33-41H2,1-5H3/b10-8+,11-9+,15-14+,18-17+,21-20+,24-23+,27-26+,32-30+. The van der Waals surface area contributed by atoms with Crippen LogP contribution in [0.1, 0.15) is 123 Å². The smallest absolute Gasteiger partial charge is 0.306 e. The largest absolute Gasteiger partial charge is 0.544 e. The molecule has 0 saturated heterocycles. The van der Waals surface area contributed by atoms with E-state index in [1.165, 1.54) is 0 Å². The number of unbranched alkanes of at least 4 members (excludes halogenated alkanes) is 4. The van der Waals surface area contributed by atoms with E-state index in [2.05, 4.69) is 98.9 Å². The lowest BCUT2D eigenvalue weighted by Crippen LogP contribution is -2.55. The van der Waals surface area contributed by atoms with Crippen LogP contribution in [-0.2, 0) is 28.6 Å². The van der Waals surface area contributed by atoms with Crippen molar-refractivity contribution in [1.29, 1.82) is 0 Å². The SMILES string of the molecule is CC/C=C/C/C=C/C/C=C/C/C=C/C/C=C/C/C=C/CCCCCCC(=O)OC(COCCC(C(=O)[O-])[N+](C)(C)C)COC(=O)CC/C=C/C/C=C/CC. The summed E-state index contributed by atoms with van der Waals surface area (Å²) in [4.78, 5) is 36.5. The number of quaternary nitrogens is 1. The van der Waals surface area contributed by atoms with E-state index in [1.54, 1.807) is 21.1 Å². The minimum absolute atomic E-state index is 0.00551. The Balaban J connectivity index is 4.37. The van der Waals surface area contributed by atoms with Crippen LogP contribution in [0.5, 0.6) is 0 Å². The Bertz CT molecular complexity index is 1200. The normalized spacial score (nSPS) is 14.0. The van der Waals surface area contributed by atoms with Gasteiger partial charge in [0.1, 0.15) is 12.6 Å². The van der Waals surface area contributed by atoms with Crippen molar-refractivity contribution in [2.24, 2.45) is 0 Å². The minimum Gasteiger partial charge on any atom is -0.544 e. The number of rotatable bonds is 34. The van der Waals surface area contributed by atoms with Gasteiger partial charge in [0.2, 0.25) is 0 Å². The number of ether oxygens (including phenoxy) is 3. The first-order valence-electron chi connectivity index (χ1n) is 20.3. The van der Waals surface area contributed by atoms with Gasteiger partial charge in [0.05, 0.1) is 40.3 Å². The molecule has 0 aromatic carbocycles. The molecular formula is C46H73NO7. The van der Waals surface area contributed by atoms with Crippen molar-refractivity contribution in [1.82, 2.24) is 0 Å². The zero-order valence-electron chi connectivity index (χ0n) is 34.3. The average Bonchev–Trinajstić information content (AvgIpc) is 3.12. The molecule has 0 radical (unpaired) electrons. The molecule has 0 N–H and O–H groups in total. The van der Waals surface area contributed by atoms with Crippen LogP contribution in [0.4, 0.5) is 0 Å². The summed E-state index contributed by atoms with van der Waals surface area (Å²) in [5.41, 5.74) is 0. The van der Waals surface area contributed by atoms with Gasteiger partial charge in [-0.05, 0) is 77.0 Å². The van der Waals surface area contributed by atoms with Gasteiger partial charge in [-0.2, -0.15) is 0 Å². The number of hydrogen-bond acceptors (Lipinski definition) is 7. The van der Waals surface area contributed by atoms with E-state index in [0.717, 1.165) is 77.0 Å². The molecule has 0 heterocycles. The van der Waals surface area contributed by atoms with Gasteiger partial charge in [0.25, 0.3) is 0 Å². The lowest BCUT2D eigenvalue weighted by Gasteiger charge is -2.34. The van der Waals surface area contributed by atoms with Gasteiger partial charge in [-0.1, -0.05) is 124 Å². The second-order valence-corrected chi connectivity index (χ2v) is 14.1. The molecular weight excluding hydrogens is 679 g/mol. The number of esters is 2. The topological polar surface area (TPSA) is 102 Å². The van der Waals surface area contributed by atoms with E-state index in [1.807, 2.05) is 12.2 Å². The van der Waals surface area contributed by atoms with Crippen LogP contribution in [-0.4, -0.2) is 75.5 Å². The third kappa shape index (κ3) is 34.0. The van der Waals surface area contributed by atoms with Gasteiger partial charge < -0.3 is 28.6 Å². The molecule has 0 saturated carbocycles. The third-order valence-electron chi connectivity index (χ3n) is 8.23. The van der Waals surface area contributed by atoms with Crippen molar-refractivity contribution in [3.8, 4) is 0 Å². The molecule has 0 spiro atoms. The van der Waals surface area contributed by atoms with E-state index in [0.29, 0.717) is 12.8 Å². The molecule has 0 aromatic heterocycles. The fourth-order valence-corrected chi connectivity index (χ4v) is 5.13. The number of hydrogen-bond donors (Lipinski definition) is 0. The molecule has 0 rings (SSSR count). The molecule has 0 aromatic rings. The zero-order chi connectivity index (χ0) is 40.0. The molecule has 2 unspecified atom stereocenters. The van der Waals surface area contributed by atoms with Crippen molar-refractivity contribution in [3.63, 3.8) is 0 Å². The Kier molecular flexibility index (Phi) is 33.7. The molecule has 0 fully saturated rings. The molecule has 0 aliphatic carbocycles. The highest BCUT2D eigenvalue weighted by atomic mass is 16.6. The summed E-state index contributed by atoms with van der Waals surface area (Å²) < 4.78 is 16.9. The average molecular weight is 752 g/mol. The van der Waals surface area contributed by atoms with Crippen molar-refractivity contribution in [2.45, 2.75) is 135 Å². The maximum Gasteiger partial charge on any atom is 0.306 e. The summed E-state index contributed by atoms with van der Waals surface area (Å²) >= 11 is 0. The van der Waals surface area contributed by atoms with E-state index >= 15 is 0 Å². The predicted molar refractivity (Wildman–Crippen MR) is 221 cm³/mol. The van der Waals surface area contributed by atoms with E-state index < -0.39 is 18.1 Å². The van der Waals surface area contributed by atoms with Gasteiger partial charge in [-0.25, -0.2) is 0 Å². The highest BCUT2D eigenvalue weighted by Gasteiger charge is 2.25. The molecule has 0 amide bonds. The maximum atomic E-state index is 12.6. The van der Waals surface area contributed by atoms with Crippen molar-refractivity contribution < 1.29 is 38.2 Å². The number of carboxylic acids is 1. The van der Waals surface area contributed by atoms with Gasteiger partial charge in [0, 0.05) is 19.3 Å². The minimum atomic E-state index is -1.14. The number of nitrogens with zero attached hydrogens (tertiary/aromatic N) is 1. The van der Waals surface area contributed by atoms with Crippen LogP contribution < -0.4 is 5.11 Å². The molecule has 8 nitrogen and oxygen atoms in total. The van der Waals surface area contributed by atoms with Crippen LogP contribution in [0.25, 0.3) is 0 Å². The Hall–Kier alpha value is -3.75. The zero-order valence-corrected chi connectivity index (χ0v) is 34.3. The molecule has 0 bridgehead atoms. The van der Waals surface area contributed by atoms with Crippen molar-refractivity contribution in [2.75, 3.05) is 41.0 Å². The number of allylic oxidation sites excluding steroid dienone is 16. The Morgan fingerprint density at radius 2 is 1.02 bits per heavy atom. The fraction of sp³-hybridized carbons (Fsp3) is 0.587. The highest BCUT2D eigenvalue weighted by Crippen LogP contribution is 2.11. The predicted octanol–water partition coefficient (Wildman–Crippen LogP) is 9.40. The molecule has 2 atom stereocenters. The van der Waals surface area contributed by atoms with Crippen LogP contribution in [0, 0.1) is 0 Å². The van der Waals surface area contributed by atoms with Crippen LogP contribution >= 0.6 is 0 Å². The van der Waals surface area contributed by atoms with Gasteiger partial charge in [0.15, 0.2) is 6.10 Å². The molecule has 54 heavy (non-hydrogen) atoms. The number of carbonyl (C=O) groups excluding carboxylic acids is 3. The summed E-state index contributed by atoms with van der Waals surface area (Å²) in [6.45, 7) is 4.27. The lowest BCUT2D eigenvalue weighted by molar-refractivity contribution is -0.889. The molecule has 0 aliphatic rings. The van der Waals surface area contributed by atoms with Gasteiger partial charge in [-0.15, -0.1) is 0 Å². The van der Waals surface area contributed by atoms with Crippen LogP contribution in [0.3, 0.4) is 0 Å². The number of carboxylic acid groups (broad SMARTS) is 1. The number of likely N-dealkylation sites (N-methyl/N-ethyl adjacent to an activating group) is 1. The summed E-state index contributed by atoms with van der Waals surface area (Å²) in [5.74, 6) is -1.88. The maximum absolute atomic E-state index is 12.6. The monoisotopic (exact) mass is 752 g/mol. The van der Waals surface area contributed by atoms with Crippen LogP contribution in [0.2, 0.25) is 0 Å². The molecule has 304 valence electrons. The first kappa shape index (κ1) is 50.2. The Labute approximate surface area is 328 Å². The highest BCUT2D eigenvalue weighted by molar-refractivity contribution is 5.70. The second kappa shape index (κ2) is 36.2. The first-order valence-corrected chi connectivity index (χ1v) is 20.3. The lowest BCUT2D eigenvalue weighted by atomic mass is 10.1. The van der Waals surface area contributed by atoms with E-state index in [-0.39, 0.29) is 55.5 Å². The number of carbonyl (C=O) groups is 3. The van der Waals surface area contributed by atoms with E-state index in [9.17, 15) is 19.5 Å². The van der Waals surface area contributed by atoms with Crippen LogP contribution in [0.15, 0.2) is 97.2 Å². The van der Waals surface area contributed by atoms with Crippen molar-refractivity contribution >= 4 is 17.9 Å². The Morgan fingerprint density at radius 1 is 0.556 bits per heavy atom. The third-order valence-corrected chi connectivity index (χ3v) is 8.23. The quantitative estimate of drug-likeness (QED) is 0.0280. The first-order chi connectivity index (χ1) is 26.1. The van der Waals surface area contributed by atoms with Crippen molar-refractivity contribution in [3.05, 3.63) is 97.2 Å². The van der Waals surface area contributed by atoms with Gasteiger partial charge in [-0.3, -0.25) is 9.59 Å². The molecule has 8 heteroatoms.